The van der Waals surface area contributed by atoms with Crippen LogP contribution in [0.25, 0.3) is 0 Å². The molecule has 4 rings (SSSR count). The van der Waals surface area contributed by atoms with Crippen LogP contribution in [0, 0.1) is 0 Å². The molecule has 1 aromatic rings. The van der Waals surface area contributed by atoms with Crippen molar-refractivity contribution in [1.82, 2.24) is 0 Å². The number of ether oxygens (including phenoxy) is 4. The number of aryl methyl sites for hydroxylation is 2. The van der Waals surface area contributed by atoms with E-state index in [0.717, 1.165) is 18.6 Å². The van der Waals surface area contributed by atoms with E-state index in [1.54, 1.807) is 13.0 Å². The molecule has 0 amide bonds. The van der Waals surface area contributed by atoms with E-state index >= 15 is 0 Å². The largest absolute Gasteiger partial charge is 0.508 e. The predicted molar refractivity (Wildman–Crippen MR) is 117 cm³/mol. The molecule has 1 aromatic carbocycles. The Morgan fingerprint density at radius 2 is 1.21 bits per heavy atom. The zero-order chi connectivity index (χ0) is 25.2. The molecule has 0 atom stereocenters. The first-order valence-corrected chi connectivity index (χ1v) is 10.3. The third-order valence-electron chi connectivity index (χ3n) is 3.96. The SMILES string of the molecule is CC1(C)OC(=O)C=C(O)O1.CC1(C)OC(=O)C=C(O)O1.CCO.Oc1ccc2c(c1)CCC2.[Ti]. The fourth-order valence-electron chi connectivity index (χ4n) is 2.91. The van der Waals surface area contributed by atoms with E-state index < -0.39 is 35.4 Å². The van der Waals surface area contributed by atoms with Crippen LogP contribution in [0.2, 0.25) is 0 Å². The van der Waals surface area contributed by atoms with Crippen LogP contribution >= 0.6 is 0 Å². The van der Waals surface area contributed by atoms with E-state index in [0.29, 0.717) is 5.75 Å². The molecule has 0 saturated heterocycles. The van der Waals surface area contributed by atoms with Gasteiger partial charge in [0.2, 0.25) is 0 Å². The summed E-state index contributed by atoms with van der Waals surface area (Å²) < 4.78 is 18.7. The molecule has 2 heterocycles. The molecule has 0 unspecified atom stereocenters. The summed E-state index contributed by atoms with van der Waals surface area (Å²) in [5.74, 6) is -3.67. The molecule has 0 saturated carbocycles. The van der Waals surface area contributed by atoms with Crippen molar-refractivity contribution >= 4 is 11.9 Å². The normalized spacial score (nSPS) is 18.3. The van der Waals surface area contributed by atoms with E-state index in [4.69, 9.17) is 29.9 Å². The van der Waals surface area contributed by atoms with Gasteiger partial charge in [-0.1, -0.05) is 6.07 Å². The van der Waals surface area contributed by atoms with E-state index in [1.165, 1.54) is 51.7 Å². The molecular formula is C23H32O10Ti. The number of aliphatic hydroxyl groups excluding tert-OH is 3. The number of rotatable bonds is 0. The quantitative estimate of drug-likeness (QED) is 0.299. The van der Waals surface area contributed by atoms with Gasteiger partial charge in [-0.25, -0.2) is 9.59 Å². The van der Waals surface area contributed by atoms with Crippen LogP contribution in [0.15, 0.2) is 42.2 Å². The van der Waals surface area contributed by atoms with Gasteiger partial charge in [-0.2, -0.15) is 0 Å². The molecule has 4 N–H and O–H groups in total. The van der Waals surface area contributed by atoms with Crippen molar-refractivity contribution in [3.63, 3.8) is 0 Å². The minimum atomic E-state index is -1.05. The summed E-state index contributed by atoms with van der Waals surface area (Å²) in [6, 6.07) is 5.67. The number of phenolic OH excluding ortho intramolecular Hbond substituents is 1. The molecule has 2 aliphatic heterocycles. The topological polar surface area (TPSA) is 152 Å². The molecule has 3 aliphatic rings. The van der Waals surface area contributed by atoms with E-state index in [9.17, 15) is 9.59 Å². The number of hydrogen-bond donors (Lipinski definition) is 4. The Morgan fingerprint density at radius 1 is 0.794 bits per heavy atom. The molecule has 0 radical (unpaired) electrons. The molecule has 1 aliphatic carbocycles. The van der Waals surface area contributed by atoms with Crippen molar-refractivity contribution in [3.05, 3.63) is 53.4 Å². The number of aromatic hydroxyl groups is 1. The Labute approximate surface area is 213 Å². The van der Waals surface area contributed by atoms with Crippen molar-refractivity contribution < 1.29 is 70.7 Å². The summed E-state index contributed by atoms with van der Waals surface area (Å²) >= 11 is 0. The van der Waals surface area contributed by atoms with Crippen LogP contribution in [0.4, 0.5) is 0 Å². The monoisotopic (exact) mass is 516 g/mol. The van der Waals surface area contributed by atoms with Gasteiger partial charge < -0.3 is 39.4 Å². The Hall–Kier alpha value is -2.69. The third kappa shape index (κ3) is 12.0. The summed E-state index contributed by atoms with van der Waals surface area (Å²) in [4.78, 5) is 21.1. The van der Waals surface area contributed by atoms with Crippen LogP contribution in [-0.4, -0.2) is 50.5 Å². The van der Waals surface area contributed by atoms with Crippen molar-refractivity contribution in [2.24, 2.45) is 0 Å². The number of hydrogen-bond acceptors (Lipinski definition) is 10. The second-order valence-electron chi connectivity index (χ2n) is 7.93. The summed E-state index contributed by atoms with van der Waals surface area (Å²) in [5.41, 5.74) is 2.75. The second-order valence-corrected chi connectivity index (χ2v) is 7.93. The van der Waals surface area contributed by atoms with E-state index in [2.05, 4.69) is 9.47 Å². The van der Waals surface area contributed by atoms with Crippen LogP contribution < -0.4 is 0 Å². The van der Waals surface area contributed by atoms with Crippen LogP contribution in [0.5, 0.6) is 5.75 Å². The van der Waals surface area contributed by atoms with Crippen LogP contribution in [-0.2, 0) is 63.1 Å². The Morgan fingerprint density at radius 3 is 1.59 bits per heavy atom. The average molecular weight is 516 g/mol. The van der Waals surface area contributed by atoms with Gasteiger partial charge in [-0.3, -0.25) is 0 Å². The fourth-order valence-corrected chi connectivity index (χ4v) is 2.91. The summed E-state index contributed by atoms with van der Waals surface area (Å²) in [7, 11) is 0. The smallest absolute Gasteiger partial charge is 0.341 e. The van der Waals surface area contributed by atoms with Gasteiger partial charge >= 0.3 is 11.9 Å². The van der Waals surface area contributed by atoms with Gasteiger partial charge in [0.15, 0.2) is 0 Å². The predicted octanol–water partition coefficient (Wildman–Crippen LogP) is 3.27. The van der Waals surface area contributed by atoms with Gasteiger partial charge in [0.05, 0.1) is 0 Å². The Kier molecular flexibility index (Phi) is 12.8. The molecule has 0 bridgehead atoms. The number of carbonyl (C=O) groups is 2. The first-order chi connectivity index (χ1) is 15.3. The fraction of sp³-hybridized carbons (Fsp3) is 0.478. The number of esters is 2. The number of aliphatic hydroxyl groups is 3. The maximum absolute atomic E-state index is 10.6. The van der Waals surface area contributed by atoms with Gasteiger partial charge in [0.25, 0.3) is 23.5 Å². The zero-order valence-corrected chi connectivity index (χ0v) is 21.5. The third-order valence-corrected chi connectivity index (χ3v) is 3.96. The van der Waals surface area contributed by atoms with E-state index in [-0.39, 0.29) is 28.3 Å². The Bertz CT molecular complexity index is 846. The molecule has 188 valence electrons. The molecule has 0 aromatic heterocycles. The van der Waals surface area contributed by atoms with Gasteiger partial charge in [0.1, 0.15) is 17.9 Å². The number of phenols is 1. The summed E-state index contributed by atoms with van der Waals surface area (Å²) in [5, 5.41) is 34.2. The maximum atomic E-state index is 10.6. The molecule has 0 spiro atoms. The van der Waals surface area contributed by atoms with Gasteiger partial charge in [0, 0.05) is 56.0 Å². The number of benzene rings is 1. The minimum absolute atomic E-state index is 0. The summed E-state index contributed by atoms with van der Waals surface area (Å²) in [6.45, 7) is 8.07. The molecule has 0 fully saturated rings. The van der Waals surface area contributed by atoms with Gasteiger partial charge in [-0.05, 0) is 49.4 Å². The van der Waals surface area contributed by atoms with Gasteiger partial charge in [-0.15, -0.1) is 0 Å². The molecule has 11 heteroatoms. The number of carbonyl (C=O) groups excluding carboxylic acids is 2. The molecule has 34 heavy (non-hydrogen) atoms. The van der Waals surface area contributed by atoms with Crippen molar-refractivity contribution in [1.29, 1.82) is 0 Å². The minimum Gasteiger partial charge on any atom is -0.508 e. The van der Waals surface area contributed by atoms with Crippen molar-refractivity contribution in [2.45, 2.75) is 65.5 Å². The van der Waals surface area contributed by atoms with Crippen molar-refractivity contribution in [3.8, 4) is 5.75 Å². The van der Waals surface area contributed by atoms with Crippen LogP contribution in [0.1, 0.15) is 52.2 Å². The summed E-state index contributed by atoms with van der Waals surface area (Å²) in [6.07, 6.45) is 5.34. The molecule has 10 nitrogen and oxygen atoms in total. The van der Waals surface area contributed by atoms with Crippen molar-refractivity contribution in [2.75, 3.05) is 6.61 Å². The average Bonchev–Trinajstić information content (AvgIpc) is 3.06. The maximum Gasteiger partial charge on any atom is 0.341 e. The number of cyclic esters (lactones) is 2. The Balaban J connectivity index is 0.000000448. The molecular weight excluding hydrogens is 484 g/mol. The van der Waals surface area contributed by atoms with E-state index in [1.807, 2.05) is 12.1 Å². The number of fused-ring (bicyclic) bond motifs is 1. The zero-order valence-electron chi connectivity index (χ0n) is 20.0. The van der Waals surface area contributed by atoms with Crippen LogP contribution in [0.3, 0.4) is 0 Å². The second kappa shape index (κ2) is 13.9. The first kappa shape index (κ1) is 31.3. The first-order valence-electron chi connectivity index (χ1n) is 10.3. The standard InChI is InChI=1S/C9H10O.2C6H8O4.C2H6O.Ti/c10-9-5-4-7-2-1-3-8(7)6-9;2*1-6(2)9-4(7)3-5(8)10-6;1-2-3;/h4-6,10H,1-3H2;2*3,7H,1-2H3;3H,2H2,1H3;.